The smallest absolute Gasteiger partial charge is 0.272 e. The van der Waals surface area contributed by atoms with E-state index in [-0.39, 0.29) is 23.8 Å². The number of hydrogen-bond acceptors (Lipinski definition) is 5. The number of nitrogens with two attached hydrogens (primary N) is 1. The molecule has 1 saturated carbocycles. The summed E-state index contributed by atoms with van der Waals surface area (Å²) in [6.07, 6.45) is 0.680. The average Bonchev–Trinajstić information content (AvgIpc) is 2.96. The molecule has 0 radical (unpaired) electrons. The molecule has 2 aliphatic rings. The predicted molar refractivity (Wildman–Crippen MR) is 126 cm³/mol. The molecule has 0 aromatic heterocycles. The van der Waals surface area contributed by atoms with E-state index in [1.165, 1.54) is 0 Å². The van der Waals surface area contributed by atoms with Crippen molar-refractivity contribution in [2.45, 2.75) is 57.7 Å². The van der Waals surface area contributed by atoms with E-state index >= 15 is 0 Å². The first-order valence-electron chi connectivity index (χ1n) is 11.3. The number of benzene rings is 2. The van der Waals surface area contributed by atoms with Gasteiger partial charge in [-0.15, -0.1) is 0 Å². The van der Waals surface area contributed by atoms with Crippen molar-refractivity contribution >= 4 is 21.4 Å². The maximum atomic E-state index is 12.6. The van der Waals surface area contributed by atoms with E-state index in [0.717, 1.165) is 36.1 Å². The van der Waals surface area contributed by atoms with Gasteiger partial charge in [0.15, 0.2) is 0 Å². The Morgan fingerprint density at radius 2 is 1.85 bits per heavy atom. The van der Waals surface area contributed by atoms with Gasteiger partial charge in [-0.1, -0.05) is 32.0 Å². The molecular formula is C24H31F2N3O3S. The number of hydrogen-bond donors (Lipinski definition) is 2. The first kappa shape index (κ1) is 23.8. The highest BCUT2D eigenvalue weighted by atomic mass is 32.2. The van der Waals surface area contributed by atoms with Gasteiger partial charge in [-0.25, -0.2) is 17.2 Å². The molecule has 3 N–H and O–H groups in total. The molecule has 1 heterocycles. The van der Waals surface area contributed by atoms with Crippen LogP contribution >= 0.6 is 0 Å². The minimum atomic E-state index is -3.41. The summed E-state index contributed by atoms with van der Waals surface area (Å²) in [7, 11) is -3.41. The summed E-state index contributed by atoms with van der Waals surface area (Å²) >= 11 is 0. The SMILES string of the molecule is CC(C)CS(=O)(=O)Nc1ccc(C2C(N)c3ccc(OCC(F)F)cc3N2C2CCC2)cc1. The Labute approximate surface area is 194 Å². The zero-order valence-corrected chi connectivity index (χ0v) is 19.7. The largest absolute Gasteiger partial charge is 0.488 e. The van der Waals surface area contributed by atoms with Crippen LogP contribution in [-0.2, 0) is 10.0 Å². The zero-order valence-electron chi connectivity index (χ0n) is 18.9. The van der Waals surface area contributed by atoms with Crippen LogP contribution in [0.25, 0.3) is 0 Å². The van der Waals surface area contributed by atoms with Gasteiger partial charge in [-0.05, 0) is 54.5 Å². The minimum Gasteiger partial charge on any atom is -0.488 e. The number of alkyl halides is 2. The van der Waals surface area contributed by atoms with Crippen molar-refractivity contribution in [1.29, 1.82) is 0 Å². The number of nitrogens with zero attached hydrogens (tertiary/aromatic N) is 1. The summed E-state index contributed by atoms with van der Waals surface area (Å²) in [5, 5.41) is 0. The van der Waals surface area contributed by atoms with Gasteiger partial charge in [0.25, 0.3) is 6.43 Å². The summed E-state index contributed by atoms with van der Waals surface area (Å²) in [6, 6.07) is 12.6. The van der Waals surface area contributed by atoms with Crippen molar-refractivity contribution in [3.63, 3.8) is 0 Å². The third kappa shape index (κ3) is 5.24. The number of ether oxygens (including phenoxy) is 1. The first-order valence-corrected chi connectivity index (χ1v) is 13.0. The fraction of sp³-hybridized carbons (Fsp3) is 0.500. The van der Waals surface area contributed by atoms with E-state index in [1.54, 1.807) is 18.2 Å². The van der Waals surface area contributed by atoms with Crippen LogP contribution in [0, 0.1) is 5.92 Å². The van der Waals surface area contributed by atoms with Crippen LogP contribution in [-0.4, -0.2) is 33.2 Å². The molecule has 0 saturated heterocycles. The molecule has 2 aromatic rings. The molecule has 4 rings (SSSR count). The predicted octanol–water partition coefficient (Wildman–Crippen LogP) is 4.84. The van der Waals surface area contributed by atoms with E-state index in [0.29, 0.717) is 17.5 Å². The van der Waals surface area contributed by atoms with Crippen molar-refractivity contribution in [2.75, 3.05) is 22.0 Å². The molecule has 2 aromatic carbocycles. The molecule has 0 amide bonds. The Morgan fingerprint density at radius 1 is 1.15 bits per heavy atom. The Bertz CT molecular complexity index is 1070. The highest BCUT2D eigenvalue weighted by molar-refractivity contribution is 7.92. The lowest BCUT2D eigenvalue weighted by Crippen LogP contribution is -2.42. The van der Waals surface area contributed by atoms with Gasteiger partial charge >= 0.3 is 0 Å². The normalized spacial score (nSPS) is 20.8. The quantitative estimate of drug-likeness (QED) is 0.538. The van der Waals surface area contributed by atoms with Crippen molar-refractivity contribution in [3.05, 3.63) is 53.6 Å². The first-order chi connectivity index (χ1) is 15.6. The number of halogens is 2. The van der Waals surface area contributed by atoms with Gasteiger partial charge in [0.05, 0.1) is 17.8 Å². The summed E-state index contributed by atoms with van der Waals surface area (Å²) in [5.74, 6) is 0.492. The number of anilines is 2. The number of nitrogens with one attached hydrogen (secondary N) is 1. The maximum absolute atomic E-state index is 12.6. The van der Waals surface area contributed by atoms with Gasteiger partial charge in [0.2, 0.25) is 10.0 Å². The van der Waals surface area contributed by atoms with Crippen LogP contribution in [0.1, 0.15) is 56.3 Å². The Kier molecular flexibility index (Phi) is 6.81. The van der Waals surface area contributed by atoms with Gasteiger partial charge in [0.1, 0.15) is 12.4 Å². The molecule has 0 bridgehead atoms. The molecule has 9 heteroatoms. The summed E-state index contributed by atoms with van der Waals surface area (Å²) in [5.41, 5.74) is 10.1. The summed E-state index contributed by atoms with van der Waals surface area (Å²) in [4.78, 5) is 2.29. The van der Waals surface area contributed by atoms with Gasteiger partial charge in [-0.3, -0.25) is 4.72 Å². The highest BCUT2D eigenvalue weighted by Gasteiger charge is 2.42. The second-order valence-corrected chi connectivity index (χ2v) is 11.1. The van der Waals surface area contributed by atoms with Crippen molar-refractivity contribution < 1.29 is 21.9 Å². The zero-order chi connectivity index (χ0) is 23.8. The van der Waals surface area contributed by atoms with Crippen molar-refractivity contribution in [3.8, 4) is 5.75 Å². The second-order valence-electron chi connectivity index (χ2n) is 9.28. The van der Waals surface area contributed by atoms with E-state index < -0.39 is 23.1 Å². The van der Waals surface area contributed by atoms with Crippen LogP contribution in [0.15, 0.2) is 42.5 Å². The Hall–Kier alpha value is -2.39. The van der Waals surface area contributed by atoms with Crippen molar-refractivity contribution in [2.24, 2.45) is 11.7 Å². The molecule has 1 fully saturated rings. The van der Waals surface area contributed by atoms with Gasteiger partial charge in [0, 0.05) is 23.5 Å². The summed E-state index contributed by atoms with van der Waals surface area (Å²) < 4.78 is 57.6. The monoisotopic (exact) mass is 479 g/mol. The third-order valence-corrected chi connectivity index (χ3v) is 7.85. The van der Waals surface area contributed by atoms with E-state index in [2.05, 4.69) is 9.62 Å². The fourth-order valence-electron chi connectivity index (χ4n) is 4.64. The number of sulfonamides is 1. The molecule has 1 aliphatic heterocycles. The molecule has 2 atom stereocenters. The van der Waals surface area contributed by atoms with Gasteiger partial charge < -0.3 is 15.4 Å². The lowest BCUT2D eigenvalue weighted by atomic mass is 9.89. The Morgan fingerprint density at radius 3 is 2.42 bits per heavy atom. The fourth-order valence-corrected chi connectivity index (χ4v) is 6.09. The van der Waals surface area contributed by atoms with E-state index in [1.807, 2.05) is 38.1 Å². The van der Waals surface area contributed by atoms with Crippen LogP contribution < -0.4 is 20.1 Å². The van der Waals surface area contributed by atoms with Crippen LogP contribution in [0.4, 0.5) is 20.2 Å². The number of rotatable bonds is 9. The molecule has 33 heavy (non-hydrogen) atoms. The van der Waals surface area contributed by atoms with Crippen LogP contribution in [0.5, 0.6) is 5.75 Å². The lowest BCUT2D eigenvalue weighted by molar-refractivity contribution is 0.0819. The van der Waals surface area contributed by atoms with E-state index in [9.17, 15) is 17.2 Å². The second kappa shape index (κ2) is 9.46. The van der Waals surface area contributed by atoms with Crippen LogP contribution in [0.3, 0.4) is 0 Å². The molecule has 2 unspecified atom stereocenters. The molecule has 6 nitrogen and oxygen atoms in total. The third-order valence-electron chi connectivity index (χ3n) is 6.20. The molecule has 0 spiro atoms. The molecule has 180 valence electrons. The minimum absolute atomic E-state index is 0.0300. The van der Waals surface area contributed by atoms with E-state index in [4.69, 9.17) is 10.5 Å². The average molecular weight is 480 g/mol. The highest BCUT2D eigenvalue weighted by Crippen LogP contribution is 2.51. The molecular weight excluding hydrogens is 448 g/mol. The Balaban J connectivity index is 1.60. The van der Waals surface area contributed by atoms with Gasteiger partial charge in [-0.2, -0.15) is 0 Å². The maximum Gasteiger partial charge on any atom is 0.272 e. The lowest BCUT2D eigenvalue weighted by Gasteiger charge is -2.41. The standard InChI is InChI=1S/C24H31F2N3O3S/c1-15(2)14-33(30,31)28-17-8-6-16(7-9-17)24-23(27)20-11-10-19(32-13-22(25)26)12-21(20)29(24)18-4-3-5-18/h6-12,15,18,22-24,28H,3-5,13-14,27H2,1-2H3. The topological polar surface area (TPSA) is 84.7 Å². The van der Waals surface area contributed by atoms with Crippen molar-refractivity contribution in [1.82, 2.24) is 0 Å². The summed E-state index contributed by atoms with van der Waals surface area (Å²) in [6.45, 7) is 3.08. The van der Waals surface area contributed by atoms with Crippen LogP contribution in [0.2, 0.25) is 0 Å². The number of fused-ring (bicyclic) bond motifs is 1. The molecule has 1 aliphatic carbocycles.